The van der Waals surface area contributed by atoms with Gasteiger partial charge in [-0.05, 0) is 44.5 Å². The van der Waals surface area contributed by atoms with Gasteiger partial charge in [-0.15, -0.1) is 11.3 Å². The maximum Gasteiger partial charge on any atom is 0.267 e. The summed E-state index contributed by atoms with van der Waals surface area (Å²) in [6, 6.07) is 7.73. The van der Waals surface area contributed by atoms with Gasteiger partial charge >= 0.3 is 0 Å². The van der Waals surface area contributed by atoms with Gasteiger partial charge in [0.25, 0.3) is 5.91 Å². The molecule has 1 aromatic carbocycles. The number of nitrogens with zero attached hydrogens (tertiary/aromatic N) is 2. The van der Waals surface area contributed by atoms with Crippen molar-refractivity contribution in [2.24, 2.45) is 0 Å². The van der Waals surface area contributed by atoms with Crippen LogP contribution in [-0.4, -0.2) is 29.8 Å². The molecule has 0 fully saturated rings. The Labute approximate surface area is 155 Å². The number of likely N-dealkylation sites (N-methyl/N-ethyl adjacent to an activating group) is 1. The minimum atomic E-state index is -0.510. The van der Waals surface area contributed by atoms with Crippen molar-refractivity contribution < 1.29 is 14.3 Å². The number of ketones is 1. The number of ether oxygens (including phenoxy) is 1. The molecule has 0 saturated heterocycles. The van der Waals surface area contributed by atoms with Crippen molar-refractivity contribution in [3.05, 3.63) is 40.1 Å². The van der Waals surface area contributed by atoms with Crippen LogP contribution in [-0.2, 0) is 4.79 Å². The Hall–Kier alpha value is -2.73. The van der Waals surface area contributed by atoms with Crippen LogP contribution in [0.5, 0.6) is 5.75 Å². The van der Waals surface area contributed by atoms with Gasteiger partial charge in [-0.3, -0.25) is 9.59 Å². The molecule has 3 heterocycles. The molecule has 2 aromatic heterocycles. The second-order valence-electron chi connectivity index (χ2n) is 6.57. The predicted molar refractivity (Wildman–Crippen MR) is 103 cm³/mol. The van der Waals surface area contributed by atoms with E-state index in [0.29, 0.717) is 5.75 Å². The van der Waals surface area contributed by atoms with Gasteiger partial charge in [-0.2, -0.15) is 0 Å². The lowest BCUT2D eigenvalue weighted by molar-refractivity contribution is -0.125. The predicted octanol–water partition coefficient (Wildman–Crippen LogP) is 4.22. The number of Topliss-reactive ketones (excluding diaryl/α,β-unsaturated/α-hetero) is 1. The zero-order valence-electron chi connectivity index (χ0n) is 15.0. The molecular weight excluding hydrogens is 348 g/mol. The SMILES string of the molecule is CC(=O)c1cc(-c2cc(C)c3cc4c(cc3n2)OC(C)C(=O)N4C)cs1. The molecule has 1 atom stereocenters. The molecule has 0 N–H and O–H groups in total. The number of anilines is 1. The van der Waals surface area contributed by atoms with Gasteiger partial charge in [-0.25, -0.2) is 4.98 Å². The van der Waals surface area contributed by atoms with Gasteiger partial charge in [0.2, 0.25) is 0 Å². The number of carbonyl (C=O) groups is 2. The lowest BCUT2D eigenvalue weighted by Crippen LogP contribution is -2.41. The van der Waals surface area contributed by atoms with Crippen molar-refractivity contribution in [3.8, 4) is 17.0 Å². The summed E-state index contributed by atoms with van der Waals surface area (Å²) in [6.07, 6.45) is -0.510. The largest absolute Gasteiger partial charge is 0.479 e. The van der Waals surface area contributed by atoms with Crippen LogP contribution in [0, 0.1) is 6.92 Å². The first-order chi connectivity index (χ1) is 12.3. The zero-order chi connectivity index (χ0) is 18.6. The van der Waals surface area contributed by atoms with Crippen molar-refractivity contribution in [2.75, 3.05) is 11.9 Å². The molecule has 0 radical (unpaired) electrons. The van der Waals surface area contributed by atoms with E-state index in [2.05, 4.69) is 0 Å². The number of rotatable bonds is 2. The summed E-state index contributed by atoms with van der Waals surface area (Å²) in [6.45, 7) is 5.33. The highest BCUT2D eigenvalue weighted by molar-refractivity contribution is 7.12. The van der Waals surface area contributed by atoms with Gasteiger partial charge in [0.1, 0.15) is 5.75 Å². The van der Waals surface area contributed by atoms with Gasteiger partial charge in [0.05, 0.1) is 21.8 Å². The molecule has 1 unspecified atom stereocenters. The second kappa shape index (κ2) is 5.92. The van der Waals surface area contributed by atoms with Crippen molar-refractivity contribution in [2.45, 2.75) is 26.9 Å². The van der Waals surface area contributed by atoms with E-state index in [1.54, 1.807) is 25.8 Å². The number of aromatic nitrogens is 1. The van der Waals surface area contributed by atoms with Crippen LogP contribution in [0.1, 0.15) is 29.1 Å². The van der Waals surface area contributed by atoms with Crippen molar-refractivity contribution in [3.63, 3.8) is 0 Å². The summed E-state index contributed by atoms with van der Waals surface area (Å²) >= 11 is 1.43. The van der Waals surface area contributed by atoms with E-state index in [9.17, 15) is 9.59 Å². The second-order valence-corrected chi connectivity index (χ2v) is 7.49. The average Bonchev–Trinajstić information content (AvgIpc) is 3.09. The monoisotopic (exact) mass is 366 g/mol. The summed E-state index contributed by atoms with van der Waals surface area (Å²) in [4.78, 5) is 30.8. The molecule has 5 nitrogen and oxygen atoms in total. The third kappa shape index (κ3) is 2.57. The van der Waals surface area contributed by atoms with Gasteiger partial charge in [0, 0.05) is 29.4 Å². The molecule has 1 aliphatic rings. The molecule has 0 spiro atoms. The third-order valence-corrected chi connectivity index (χ3v) is 5.71. The van der Waals surface area contributed by atoms with Crippen LogP contribution in [0.4, 0.5) is 5.69 Å². The first kappa shape index (κ1) is 16.7. The molecule has 3 aromatic rings. The van der Waals surface area contributed by atoms with Gasteiger partial charge in [0.15, 0.2) is 11.9 Å². The standard InChI is InChI=1S/C20H18N2O3S/c1-10-5-15(13-6-19(11(2)23)26-9-13)21-16-8-18-17(7-14(10)16)22(4)20(24)12(3)25-18/h5-9,12H,1-4H3. The van der Waals surface area contributed by atoms with Gasteiger partial charge in [-0.1, -0.05) is 0 Å². The maximum atomic E-state index is 12.2. The fraction of sp³-hybridized carbons (Fsp3) is 0.250. The number of hydrogen-bond donors (Lipinski definition) is 0. The minimum Gasteiger partial charge on any atom is -0.479 e. The molecule has 26 heavy (non-hydrogen) atoms. The molecular formula is C20H18N2O3S. The van der Waals surface area contributed by atoms with Crippen LogP contribution >= 0.6 is 11.3 Å². The van der Waals surface area contributed by atoms with Crippen molar-refractivity contribution >= 4 is 39.6 Å². The van der Waals surface area contributed by atoms with Crippen LogP contribution in [0.15, 0.2) is 29.6 Å². The average molecular weight is 366 g/mol. The first-order valence-electron chi connectivity index (χ1n) is 8.34. The highest BCUT2D eigenvalue weighted by Gasteiger charge is 2.29. The van der Waals surface area contributed by atoms with Crippen LogP contribution < -0.4 is 9.64 Å². The van der Waals surface area contributed by atoms with Gasteiger partial charge < -0.3 is 9.64 Å². The molecule has 6 heteroatoms. The van der Waals surface area contributed by atoms with E-state index in [-0.39, 0.29) is 11.7 Å². The van der Waals surface area contributed by atoms with E-state index in [4.69, 9.17) is 9.72 Å². The molecule has 1 aliphatic heterocycles. The van der Waals surface area contributed by atoms with Crippen molar-refractivity contribution in [1.29, 1.82) is 0 Å². The Bertz CT molecular complexity index is 1070. The highest BCUT2D eigenvalue weighted by Crippen LogP contribution is 2.38. The first-order valence-corrected chi connectivity index (χ1v) is 9.22. The van der Waals surface area contributed by atoms with E-state index < -0.39 is 6.10 Å². The topological polar surface area (TPSA) is 59.5 Å². The Morgan fingerprint density at radius 1 is 1.27 bits per heavy atom. The van der Waals surface area contributed by atoms with Crippen LogP contribution in [0.3, 0.4) is 0 Å². The number of amides is 1. The molecule has 4 rings (SSSR count). The third-order valence-electron chi connectivity index (χ3n) is 4.68. The Balaban J connectivity index is 1.87. The minimum absolute atomic E-state index is 0.0583. The van der Waals surface area contributed by atoms with Crippen molar-refractivity contribution in [1.82, 2.24) is 4.98 Å². The Morgan fingerprint density at radius 2 is 2.04 bits per heavy atom. The molecule has 1 amide bonds. The van der Waals surface area contributed by atoms with Crippen LogP contribution in [0.25, 0.3) is 22.2 Å². The number of carbonyl (C=O) groups excluding carboxylic acids is 2. The Kier molecular flexibility index (Phi) is 3.80. The molecule has 132 valence electrons. The van der Waals surface area contributed by atoms with E-state index in [0.717, 1.165) is 38.3 Å². The van der Waals surface area contributed by atoms with Crippen LogP contribution in [0.2, 0.25) is 0 Å². The number of hydrogen-bond acceptors (Lipinski definition) is 5. The molecule has 0 saturated carbocycles. The summed E-state index contributed by atoms with van der Waals surface area (Å²) < 4.78 is 5.77. The summed E-state index contributed by atoms with van der Waals surface area (Å²) in [5.41, 5.74) is 4.39. The number of aryl methyl sites for hydroxylation is 1. The summed E-state index contributed by atoms with van der Waals surface area (Å²) in [5, 5.41) is 2.93. The quantitative estimate of drug-likeness (QED) is 0.637. The summed E-state index contributed by atoms with van der Waals surface area (Å²) in [7, 11) is 1.76. The lowest BCUT2D eigenvalue weighted by atomic mass is 10.0. The fourth-order valence-corrected chi connectivity index (χ4v) is 4.01. The number of benzene rings is 1. The number of thiophene rings is 1. The van der Waals surface area contributed by atoms with E-state index >= 15 is 0 Å². The maximum absolute atomic E-state index is 12.2. The normalized spacial score (nSPS) is 16.5. The number of pyridine rings is 1. The Morgan fingerprint density at radius 3 is 2.73 bits per heavy atom. The zero-order valence-corrected chi connectivity index (χ0v) is 15.8. The smallest absolute Gasteiger partial charge is 0.267 e. The summed E-state index contributed by atoms with van der Waals surface area (Å²) in [5.74, 6) is 0.655. The number of fused-ring (bicyclic) bond motifs is 2. The molecule has 0 aliphatic carbocycles. The van der Waals surface area contributed by atoms with E-state index in [1.807, 2.05) is 36.6 Å². The highest BCUT2D eigenvalue weighted by atomic mass is 32.1. The fourth-order valence-electron chi connectivity index (χ4n) is 3.20. The lowest BCUT2D eigenvalue weighted by Gasteiger charge is -2.30. The molecule has 0 bridgehead atoms. The van der Waals surface area contributed by atoms with E-state index in [1.165, 1.54) is 11.3 Å².